The summed E-state index contributed by atoms with van der Waals surface area (Å²) < 4.78 is 0. The Bertz CT molecular complexity index is 417. The van der Waals surface area contributed by atoms with Gasteiger partial charge in [-0.25, -0.2) is 0 Å². The lowest BCUT2D eigenvalue weighted by Gasteiger charge is -2.13. The van der Waals surface area contributed by atoms with E-state index in [2.05, 4.69) is 11.9 Å². The van der Waals surface area contributed by atoms with E-state index in [-0.39, 0.29) is 17.9 Å². The van der Waals surface area contributed by atoms with Crippen molar-refractivity contribution in [3.8, 4) is 11.5 Å². The molecule has 0 spiro atoms. The number of hydrogen-bond acceptors (Lipinski definition) is 4. The maximum absolute atomic E-state index is 11.0. The van der Waals surface area contributed by atoms with E-state index in [1.165, 1.54) is 12.1 Å². The summed E-state index contributed by atoms with van der Waals surface area (Å²) in [5.74, 6) is -1.45. The molecule has 4 N–H and O–H groups in total. The van der Waals surface area contributed by atoms with Crippen molar-refractivity contribution in [3.05, 3.63) is 36.4 Å². The van der Waals surface area contributed by atoms with Gasteiger partial charge < -0.3 is 20.6 Å². The van der Waals surface area contributed by atoms with Crippen LogP contribution in [0.5, 0.6) is 11.5 Å². The number of aliphatic carboxylic acids is 1. The monoisotopic (exact) mass is 237 g/mol. The first-order valence-electron chi connectivity index (χ1n) is 5.12. The van der Waals surface area contributed by atoms with Crippen LogP contribution < -0.4 is 5.32 Å². The number of phenolic OH excluding ortho intramolecular Hbond substituents is 2. The fourth-order valence-corrected chi connectivity index (χ4v) is 1.40. The summed E-state index contributed by atoms with van der Waals surface area (Å²) in [6.07, 6.45) is 1.79. The quantitative estimate of drug-likeness (QED) is 0.435. The SMILES string of the molecule is C=CCNC(Cc1ccc(O)c(O)c1)C(=O)O. The molecule has 0 saturated heterocycles. The lowest BCUT2D eigenvalue weighted by Crippen LogP contribution is -2.38. The number of carboxylic acids is 1. The van der Waals surface area contributed by atoms with Crippen LogP contribution in [0.15, 0.2) is 30.9 Å². The topological polar surface area (TPSA) is 89.8 Å². The van der Waals surface area contributed by atoms with Crippen LogP contribution in [-0.4, -0.2) is 33.9 Å². The predicted molar refractivity (Wildman–Crippen MR) is 63.1 cm³/mol. The number of carboxylic acid groups (broad SMARTS) is 1. The van der Waals surface area contributed by atoms with Crippen molar-refractivity contribution in [2.75, 3.05) is 6.54 Å². The summed E-state index contributed by atoms with van der Waals surface area (Å²) in [5.41, 5.74) is 0.629. The molecule has 0 amide bonds. The van der Waals surface area contributed by atoms with Crippen LogP contribution in [0.2, 0.25) is 0 Å². The lowest BCUT2D eigenvalue weighted by molar-refractivity contribution is -0.139. The second-order valence-electron chi connectivity index (χ2n) is 3.61. The number of aromatic hydroxyl groups is 2. The molecule has 0 heterocycles. The molecular weight excluding hydrogens is 222 g/mol. The number of nitrogens with one attached hydrogen (secondary N) is 1. The van der Waals surface area contributed by atoms with Gasteiger partial charge >= 0.3 is 5.97 Å². The lowest BCUT2D eigenvalue weighted by atomic mass is 10.1. The van der Waals surface area contributed by atoms with Crippen LogP contribution in [-0.2, 0) is 11.2 Å². The van der Waals surface area contributed by atoms with Gasteiger partial charge in [-0.15, -0.1) is 6.58 Å². The maximum Gasteiger partial charge on any atom is 0.321 e. The van der Waals surface area contributed by atoms with Gasteiger partial charge in [-0.2, -0.15) is 0 Å². The molecule has 1 rings (SSSR count). The summed E-state index contributed by atoms with van der Waals surface area (Å²) in [6, 6.07) is 3.50. The fourth-order valence-electron chi connectivity index (χ4n) is 1.40. The van der Waals surface area contributed by atoms with Gasteiger partial charge in [-0.05, 0) is 24.1 Å². The van der Waals surface area contributed by atoms with Crippen molar-refractivity contribution >= 4 is 5.97 Å². The van der Waals surface area contributed by atoms with Gasteiger partial charge in [-0.3, -0.25) is 4.79 Å². The van der Waals surface area contributed by atoms with Gasteiger partial charge in [0.25, 0.3) is 0 Å². The highest BCUT2D eigenvalue weighted by Crippen LogP contribution is 2.25. The Labute approximate surface area is 99.0 Å². The highest BCUT2D eigenvalue weighted by molar-refractivity contribution is 5.74. The van der Waals surface area contributed by atoms with E-state index in [4.69, 9.17) is 10.2 Å². The third-order valence-electron chi connectivity index (χ3n) is 2.29. The first-order valence-corrected chi connectivity index (χ1v) is 5.12. The molecule has 0 radical (unpaired) electrons. The van der Waals surface area contributed by atoms with Crippen molar-refractivity contribution in [1.29, 1.82) is 0 Å². The molecule has 0 aliphatic rings. The summed E-state index contributed by atoms with van der Waals surface area (Å²) in [7, 11) is 0. The molecule has 5 heteroatoms. The molecule has 17 heavy (non-hydrogen) atoms. The van der Waals surface area contributed by atoms with Crippen LogP contribution in [0, 0.1) is 0 Å². The van der Waals surface area contributed by atoms with Crippen LogP contribution in [0.4, 0.5) is 0 Å². The van der Waals surface area contributed by atoms with Gasteiger partial charge in [0.2, 0.25) is 0 Å². The third kappa shape index (κ3) is 3.81. The zero-order valence-corrected chi connectivity index (χ0v) is 9.26. The predicted octanol–water partition coefficient (Wildman–Crippen LogP) is 0.869. The maximum atomic E-state index is 11.0. The van der Waals surface area contributed by atoms with Crippen LogP contribution in [0.25, 0.3) is 0 Å². The molecule has 92 valence electrons. The van der Waals surface area contributed by atoms with Crippen LogP contribution in [0.3, 0.4) is 0 Å². The van der Waals surface area contributed by atoms with Crippen molar-refractivity contribution in [1.82, 2.24) is 5.32 Å². The van der Waals surface area contributed by atoms with Crippen molar-refractivity contribution in [3.63, 3.8) is 0 Å². The Balaban J connectivity index is 2.74. The summed E-state index contributed by atoms with van der Waals surface area (Å²) in [4.78, 5) is 11.0. The fraction of sp³-hybridized carbons (Fsp3) is 0.250. The second kappa shape index (κ2) is 5.91. The molecule has 0 bridgehead atoms. The Morgan fingerprint density at radius 3 is 2.65 bits per heavy atom. The minimum atomic E-state index is -0.973. The zero-order valence-electron chi connectivity index (χ0n) is 9.26. The van der Waals surface area contributed by atoms with Crippen LogP contribution in [0.1, 0.15) is 5.56 Å². The van der Waals surface area contributed by atoms with Gasteiger partial charge in [0, 0.05) is 6.54 Å². The Morgan fingerprint density at radius 1 is 1.41 bits per heavy atom. The van der Waals surface area contributed by atoms with E-state index in [0.29, 0.717) is 12.1 Å². The molecule has 1 unspecified atom stereocenters. The minimum absolute atomic E-state index is 0.219. The van der Waals surface area contributed by atoms with Crippen molar-refractivity contribution < 1.29 is 20.1 Å². The molecule has 0 aliphatic carbocycles. The first-order chi connectivity index (χ1) is 8.04. The van der Waals surface area contributed by atoms with Gasteiger partial charge in [0.1, 0.15) is 6.04 Å². The molecule has 0 aliphatic heterocycles. The normalized spacial score (nSPS) is 12.0. The molecule has 1 aromatic carbocycles. The van der Waals surface area contributed by atoms with Crippen molar-refractivity contribution in [2.45, 2.75) is 12.5 Å². The van der Waals surface area contributed by atoms with Gasteiger partial charge in [0.15, 0.2) is 11.5 Å². The second-order valence-corrected chi connectivity index (χ2v) is 3.61. The number of carbonyl (C=O) groups is 1. The molecule has 1 atom stereocenters. The highest BCUT2D eigenvalue weighted by Gasteiger charge is 2.17. The number of benzene rings is 1. The average Bonchev–Trinajstić information content (AvgIpc) is 2.28. The zero-order chi connectivity index (χ0) is 12.8. The van der Waals surface area contributed by atoms with E-state index < -0.39 is 12.0 Å². The Morgan fingerprint density at radius 2 is 2.12 bits per heavy atom. The summed E-state index contributed by atoms with van der Waals surface area (Å²) in [6.45, 7) is 3.89. The molecular formula is C12H15NO4. The van der Waals surface area contributed by atoms with E-state index in [1.807, 2.05) is 0 Å². The van der Waals surface area contributed by atoms with Crippen LogP contribution >= 0.6 is 0 Å². The van der Waals surface area contributed by atoms with Gasteiger partial charge in [-0.1, -0.05) is 12.1 Å². The molecule has 5 nitrogen and oxygen atoms in total. The number of rotatable bonds is 6. The molecule has 1 aromatic rings. The average molecular weight is 237 g/mol. The Hall–Kier alpha value is -2.01. The number of phenols is 2. The van der Waals surface area contributed by atoms with E-state index in [9.17, 15) is 9.90 Å². The van der Waals surface area contributed by atoms with E-state index >= 15 is 0 Å². The summed E-state index contributed by atoms with van der Waals surface area (Å²) >= 11 is 0. The number of hydrogen-bond donors (Lipinski definition) is 4. The highest BCUT2D eigenvalue weighted by atomic mass is 16.4. The summed E-state index contributed by atoms with van der Waals surface area (Å²) in [5, 5.41) is 30.2. The largest absolute Gasteiger partial charge is 0.504 e. The first kappa shape index (κ1) is 13.1. The molecule has 0 aromatic heterocycles. The Kier molecular flexibility index (Phi) is 4.54. The van der Waals surface area contributed by atoms with E-state index in [0.717, 1.165) is 0 Å². The standard InChI is InChI=1S/C12H15NO4/c1-2-5-13-9(12(16)17)6-8-3-4-10(14)11(15)7-8/h2-4,7,9,13-15H,1,5-6H2,(H,16,17). The van der Waals surface area contributed by atoms with Gasteiger partial charge in [0.05, 0.1) is 0 Å². The smallest absolute Gasteiger partial charge is 0.321 e. The molecule has 0 fully saturated rings. The molecule has 0 saturated carbocycles. The van der Waals surface area contributed by atoms with Crippen molar-refractivity contribution in [2.24, 2.45) is 0 Å². The van der Waals surface area contributed by atoms with E-state index in [1.54, 1.807) is 12.1 Å². The third-order valence-corrected chi connectivity index (χ3v) is 2.29. The minimum Gasteiger partial charge on any atom is -0.504 e.